The van der Waals surface area contributed by atoms with Gasteiger partial charge in [-0.15, -0.1) is 0 Å². The van der Waals surface area contributed by atoms with E-state index in [0.29, 0.717) is 12.2 Å². The minimum atomic E-state index is -1.60. The second-order valence-corrected chi connectivity index (χ2v) is 9.90. The zero-order chi connectivity index (χ0) is 24.5. The average Bonchev–Trinajstić information content (AvgIpc) is 2.84. The number of fused-ring (bicyclic) bond motifs is 1. The number of nitrogens with zero attached hydrogens (tertiary/aromatic N) is 3. The predicted octanol–water partition coefficient (Wildman–Crippen LogP) is 6.24. The molecule has 2 aromatic rings. The molecule has 5 nitrogen and oxygen atoms in total. The molecule has 2 aromatic carbocycles. The van der Waals surface area contributed by atoms with E-state index < -0.39 is 11.3 Å². The summed E-state index contributed by atoms with van der Waals surface area (Å²) in [5.41, 5.74) is 10.1. The van der Waals surface area contributed by atoms with Gasteiger partial charge in [0.15, 0.2) is 5.41 Å². The first-order valence-electron chi connectivity index (χ1n) is 11.3. The Bertz CT molecular complexity index is 1300. The molecule has 0 unspecified atom stereocenters. The summed E-state index contributed by atoms with van der Waals surface area (Å²) >= 11 is 3.43. The van der Waals surface area contributed by atoms with Crippen LogP contribution in [0.15, 0.2) is 63.8 Å². The molecule has 0 aromatic heterocycles. The molecule has 0 heterocycles. The van der Waals surface area contributed by atoms with Crippen LogP contribution in [0.3, 0.4) is 0 Å². The molecule has 0 saturated carbocycles. The lowest BCUT2D eigenvalue weighted by molar-refractivity contribution is 0.302. The molecule has 6 heteroatoms. The fourth-order valence-electron chi connectivity index (χ4n) is 5.32. The Morgan fingerprint density at radius 3 is 2.44 bits per heavy atom. The maximum atomic E-state index is 10.3. The Labute approximate surface area is 208 Å². The Kier molecular flexibility index (Phi) is 6.52. The first-order valence-corrected chi connectivity index (χ1v) is 12.1. The first-order chi connectivity index (χ1) is 16.4. The van der Waals surface area contributed by atoms with Gasteiger partial charge < -0.3 is 10.5 Å². The van der Waals surface area contributed by atoms with E-state index in [1.54, 1.807) is 0 Å². The van der Waals surface area contributed by atoms with Gasteiger partial charge in [-0.1, -0.05) is 34.1 Å². The van der Waals surface area contributed by atoms with Crippen molar-refractivity contribution in [2.45, 2.75) is 45.6 Å². The van der Waals surface area contributed by atoms with Crippen molar-refractivity contribution in [2.24, 2.45) is 17.1 Å². The molecule has 0 bridgehead atoms. The summed E-state index contributed by atoms with van der Waals surface area (Å²) in [5.74, 6) is 0.184. The zero-order valence-corrected chi connectivity index (χ0v) is 20.8. The average molecular weight is 513 g/mol. The molecule has 0 spiro atoms. The van der Waals surface area contributed by atoms with Crippen LogP contribution in [0.1, 0.15) is 47.4 Å². The number of halogens is 1. The molecule has 0 fully saturated rings. The third-order valence-electron chi connectivity index (χ3n) is 7.07. The van der Waals surface area contributed by atoms with E-state index >= 15 is 0 Å². The second kappa shape index (κ2) is 9.38. The van der Waals surface area contributed by atoms with E-state index in [4.69, 9.17) is 10.5 Å². The van der Waals surface area contributed by atoms with Gasteiger partial charge in [0.1, 0.15) is 18.4 Å². The van der Waals surface area contributed by atoms with Gasteiger partial charge in [-0.3, -0.25) is 0 Å². The number of ether oxygens (including phenoxy) is 1. The molecular weight excluding hydrogens is 488 g/mol. The monoisotopic (exact) mass is 512 g/mol. The number of nitrogens with two attached hydrogens (primary N) is 1. The zero-order valence-electron chi connectivity index (χ0n) is 19.2. The van der Waals surface area contributed by atoms with Crippen molar-refractivity contribution >= 4 is 15.9 Å². The van der Waals surface area contributed by atoms with Crippen molar-refractivity contribution in [3.8, 4) is 24.0 Å². The number of hydrogen-bond donors (Lipinski definition) is 1. The van der Waals surface area contributed by atoms with E-state index in [0.717, 1.165) is 57.3 Å². The number of allylic oxidation sites excluding steroid dienone is 4. The minimum absolute atomic E-state index is 0.0713. The third-order valence-corrected chi connectivity index (χ3v) is 7.60. The van der Waals surface area contributed by atoms with E-state index in [-0.39, 0.29) is 11.6 Å². The predicted molar refractivity (Wildman–Crippen MR) is 133 cm³/mol. The number of nitriles is 3. The standard InChI is InChI=1S/C28H25BrN4O/c1-17-11-18(2)24(12-19(17)14-34-21-9-7-20(29)8-10-21)26-23-6-4-3-5-22(23)25(13-30)27(33)28(26,15-31)16-32/h5,7-12,23,26H,3-4,6,14,33H2,1-2H3/t23-,26+/m1/s1. The van der Waals surface area contributed by atoms with Crippen LogP contribution < -0.4 is 10.5 Å². The first kappa shape index (κ1) is 23.6. The normalized spacial score (nSPS) is 20.9. The highest BCUT2D eigenvalue weighted by molar-refractivity contribution is 9.10. The van der Waals surface area contributed by atoms with Crippen LogP contribution in [0.5, 0.6) is 5.75 Å². The van der Waals surface area contributed by atoms with Crippen molar-refractivity contribution in [2.75, 3.05) is 0 Å². The molecule has 0 amide bonds. The van der Waals surface area contributed by atoms with E-state index in [9.17, 15) is 15.8 Å². The largest absolute Gasteiger partial charge is 0.489 e. The summed E-state index contributed by atoms with van der Waals surface area (Å²) in [4.78, 5) is 0. The molecule has 34 heavy (non-hydrogen) atoms. The molecule has 2 aliphatic rings. The summed E-state index contributed by atoms with van der Waals surface area (Å²) in [6.45, 7) is 4.41. The van der Waals surface area contributed by atoms with Gasteiger partial charge in [-0.25, -0.2) is 0 Å². The maximum Gasteiger partial charge on any atom is 0.191 e. The van der Waals surface area contributed by atoms with Gasteiger partial charge in [0, 0.05) is 10.4 Å². The SMILES string of the molecule is Cc1cc(C)c([C@@H]2[C@@H]3CCCC=C3C(C#N)=C(N)C2(C#N)C#N)cc1COc1ccc(Br)cc1. The lowest BCUT2D eigenvalue weighted by atomic mass is 9.56. The molecule has 4 rings (SSSR count). The number of benzene rings is 2. The third kappa shape index (κ3) is 3.87. The van der Waals surface area contributed by atoms with Gasteiger partial charge in [0.2, 0.25) is 0 Å². The van der Waals surface area contributed by atoms with Gasteiger partial charge >= 0.3 is 0 Å². The van der Waals surface area contributed by atoms with Crippen LogP contribution >= 0.6 is 15.9 Å². The van der Waals surface area contributed by atoms with Crippen LogP contribution in [-0.4, -0.2) is 0 Å². The molecular formula is C28H25BrN4O. The molecule has 0 radical (unpaired) electrons. The molecule has 0 aliphatic heterocycles. The summed E-state index contributed by atoms with van der Waals surface area (Å²) < 4.78 is 7.02. The van der Waals surface area contributed by atoms with Gasteiger partial charge in [-0.05, 0) is 91.1 Å². The highest BCUT2D eigenvalue weighted by atomic mass is 79.9. The number of aryl methyl sites for hydroxylation is 2. The van der Waals surface area contributed by atoms with E-state index in [2.05, 4.69) is 52.3 Å². The fourth-order valence-corrected chi connectivity index (χ4v) is 5.58. The molecule has 0 saturated heterocycles. The van der Waals surface area contributed by atoms with Crippen molar-refractivity contribution in [3.05, 3.63) is 86.0 Å². The molecule has 170 valence electrons. The number of rotatable bonds is 4. The topological polar surface area (TPSA) is 107 Å². The molecule has 2 N–H and O–H groups in total. The minimum Gasteiger partial charge on any atom is -0.489 e. The fraction of sp³-hybridized carbons (Fsp3) is 0.321. The van der Waals surface area contributed by atoms with Gasteiger partial charge in [-0.2, -0.15) is 15.8 Å². The lowest BCUT2D eigenvalue weighted by Gasteiger charge is -2.44. The van der Waals surface area contributed by atoms with Crippen LogP contribution in [0.4, 0.5) is 0 Å². The summed E-state index contributed by atoms with van der Waals surface area (Å²) in [5, 5.41) is 30.4. The van der Waals surface area contributed by atoms with Crippen LogP contribution in [0.2, 0.25) is 0 Å². The van der Waals surface area contributed by atoms with Crippen LogP contribution in [-0.2, 0) is 6.61 Å². The lowest BCUT2D eigenvalue weighted by Crippen LogP contribution is -2.43. The maximum absolute atomic E-state index is 10.3. The van der Waals surface area contributed by atoms with Crippen LogP contribution in [0.25, 0.3) is 0 Å². The van der Waals surface area contributed by atoms with Gasteiger partial charge in [0.05, 0.1) is 23.4 Å². The highest BCUT2D eigenvalue weighted by Gasteiger charge is 2.54. The van der Waals surface area contributed by atoms with E-state index in [1.165, 1.54) is 0 Å². The van der Waals surface area contributed by atoms with Crippen LogP contribution in [0, 0.1) is 59.2 Å². The van der Waals surface area contributed by atoms with Crippen molar-refractivity contribution in [1.29, 1.82) is 15.8 Å². The van der Waals surface area contributed by atoms with E-state index in [1.807, 2.05) is 38.1 Å². The number of hydrogen-bond acceptors (Lipinski definition) is 5. The Morgan fingerprint density at radius 1 is 1.09 bits per heavy atom. The smallest absolute Gasteiger partial charge is 0.191 e. The second-order valence-electron chi connectivity index (χ2n) is 8.98. The highest BCUT2D eigenvalue weighted by Crippen LogP contribution is 2.56. The Morgan fingerprint density at radius 2 is 1.79 bits per heavy atom. The van der Waals surface area contributed by atoms with Crippen molar-refractivity contribution in [3.63, 3.8) is 0 Å². The van der Waals surface area contributed by atoms with Crippen molar-refractivity contribution < 1.29 is 4.74 Å². The Balaban J connectivity index is 1.83. The Hall–Kier alpha value is -3.53. The quantitative estimate of drug-likeness (QED) is 0.521. The summed E-state index contributed by atoms with van der Waals surface area (Å²) in [7, 11) is 0. The molecule has 2 aliphatic carbocycles. The van der Waals surface area contributed by atoms with Gasteiger partial charge in [0.25, 0.3) is 0 Å². The summed E-state index contributed by atoms with van der Waals surface area (Å²) in [6, 6.07) is 18.5. The summed E-state index contributed by atoms with van der Waals surface area (Å²) in [6.07, 6.45) is 4.67. The van der Waals surface area contributed by atoms with Crippen molar-refractivity contribution in [1.82, 2.24) is 0 Å². The molecule has 2 atom stereocenters.